The molecule has 0 radical (unpaired) electrons. The van der Waals surface area contributed by atoms with Gasteiger partial charge in [-0.15, -0.1) is 0 Å². The van der Waals surface area contributed by atoms with Gasteiger partial charge in [-0.25, -0.2) is 0 Å². The van der Waals surface area contributed by atoms with E-state index in [1.54, 1.807) is 9.80 Å². The molecule has 0 aliphatic heterocycles. The highest BCUT2D eigenvalue weighted by Gasteiger charge is 2.33. The highest BCUT2D eigenvalue weighted by Crippen LogP contribution is 2.27. The lowest BCUT2D eigenvalue weighted by Crippen LogP contribution is -2.43. The molecule has 108 valence electrons. The molecule has 0 N–H and O–H groups in total. The maximum atomic E-state index is 12.5. The normalized spacial score (nSPS) is 13.9. The summed E-state index contributed by atoms with van der Waals surface area (Å²) < 4.78 is 0. The number of hydrogen-bond acceptors (Lipinski definition) is 2. The molecule has 1 fully saturated rings. The molecule has 1 aromatic rings. The number of likely N-dealkylation sites (N-methyl/N-ethyl adjacent to an activating group) is 1. The maximum Gasteiger partial charge on any atom is 0.246 e. The minimum Gasteiger partial charge on any atom is -0.331 e. The van der Waals surface area contributed by atoms with Crippen LogP contribution in [0.25, 0.3) is 0 Å². The topological polar surface area (TPSA) is 40.6 Å². The summed E-state index contributed by atoms with van der Waals surface area (Å²) >= 11 is 0. The summed E-state index contributed by atoms with van der Waals surface area (Å²) in [5.41, 5.74) is 2.02. The van der Waals surface area contributed by atoms with E-state index in [-0.39, 0.29) is 24.4 Å². The third kappa shape index (κ3) is 3.38. The van der Waals surface area contributed by atoms with E-state index in [1.165, 1.54) is 6.92 Å². The summed E-state index contributed by atoms with van der Waals surface area (Å²) in [7, 11) is 0. The van der Waals surface area contributed by atoms with Crippen molar-refractivity contribution in [3.63, 3.8) is 0 Å². The zero-order chi connectivity index (χ0) is 14.7. The summed E-state index contributed by atoms with van der Waals surface area (Å²) in [6.45, 7) is 6.29. The Hall–Kier alpha value is -1.84. The molecular formula is C16H22N2O2. The van der Waals surface area contributed by atoms with Gasteiger partial charge in [0.1, 0.15) is 6.54 Å². The highest BCUT2D eigenvalue weighted by atomic mass is 16.2. The minimum absolute atomic E-state index is 0.0128. The van der Waals surface area contributed by atoms with Gasteiger partial charge < -0.3 is 9.80 Å². The van der Waals surface area contributed by atoms with Gasteiger partial charge in [-0.05, 0) is 44.4 Å². The van der Waals surface area contributed by atoms with Gasteiger partial charge >= 0.3 is 0 Å². The molecular weight excluding hydrogens is 252 g/mol. The van der Waals surface area contributed by atoms with Crippen molar-refractivity contribution in [2.75, 3.05) is 18.0 Å². The maximum absolute atomic E-state index is 12.5. The predicted octanol–water partition coefficient (Wildman–Crippen LogP) is 2.36. The van der Waals surface area contributed by atoms with E-state index in [4.69, 9.17) is 0 Å². The molecule has 20 heavy (non-hydrogen) atoms. The van der Waals surface area contributed by atoms with Crippen molar-refractivity contribution in [2.24, 2.45) is 0 Å². The van der Waals surface area contributed by atoms with Crippen LogP contribution in [0, 0.1) is 6.92 Å². The first-order valence-corrected chi connectivity index (χ1v) is 7.17. The van der Waals surface area contributed by atoms with E-state index >= 15 is 0 Å². The van der Waals surface area contributed by atoms with Gasteiger partial charge in [0, 0.05) is 25.2 Å². The minimum atomic E-state index is -0.0137. The molecule has 0 heterocycles. The Kier molecular flexibility index (Phi) is 4.42. The van der Waals surface area contributed by atoms with Crippen LogP contribution in [0.2, 0.25) is 0 Å². The van der Waals surface area contributed by atoms with E-state index in [0.29, 0.717) is 6.54 Å². The third-order valence-corrected chi connectivity index (χ3v) is 3.63. The zero-order valence-corrected chi connectivity index (χ0v) is 12.4. The van der Waals surface area contributed by atoms with Crippen molar-refractivity contribution in [2.45, 2.75) is 39.7 Å². The molecule has 2 rings (SSSR count). The number of carbonyl (C=O) groups excluding carboxylic acids is 2. The summed E-state index contributed by atoms with van der Waals surface area (Å²) in [5, 5.41) is 0. The number of carbonyl (C=O) groups is 2. The van der Waals surface area contributed by atoms with Gasteiger partial charge in [0.25, 0.3) is 0 Å². The second kappa shape index (κ2) is 6.07. The fourth-order valence-corrected chi connectivity index (χ4v) is 2.41. The number of nitrogens with zero attached hydrogens (tertiary/aromatic N) is 2. The number of benzene rings is 1. The number of hydrogen-bond donors (Lipinski definition) is 0. The van der Waals surface area contributed by atoms with Crippen molar-refractivity contribution in [3.05, 3.63) is 29.8 Å². The van der Waals surface area contributed by atoms with Crippen molar-refractivity contribution in [1.82, 2.24) is 4.90 Å². The van der Waals surface area contributed by atoms with Gasteiger partial charge in [0.15, 0.2) is 0 Å². The van der Waals surface area contributed by atoms with Crippen LogP contribution in [0.3, 0.4) is 0 Å². The first-order chi connectivity index (χ1) is 9.52. The van der Waals surface area contributed by atoms with E-state index in [2.05, 4.69) is 0 Å². The summed E-state index contributed by atoms with van der Waals surface area (Å²) in [6, 6.07) is 8.16. The second-order valence-corrected chi connectivity index (χ2v) is 5.36. The molecule has 4 heteroatoms. The van der Waals surface area contributed by atoms with Gasteiger partial charge in [0.05, 0.1) is 0 Å². The number of amides is 2. The molecule has 0 aromatic heterocycles. The van der Waals surface area contributed by atoms with E-state index in [1.807, 2.05) is 38.1 Å². The number of aryl methyl sites for hydroxylation is 1. The van der Waals surface area contributed by atoms with Gasteiger partial charge in [-0.3, -0.25) is 9.59 Å². The standard InChI is InChI=1S/C16H22N2O2/c1-4-17(15-7-5-6-12(2)10-15)16(20)11-18(13(3)19)14-8-9-14/h5-7,10,14H,4,8-9,11H2,1-3H3. The molecule has 1 saturated carbocycles. The molecule has 4 nitrogen and oxygen atoms in total. The Labute approximate surface area is 120 Å². The molecule has 1 aliphatic carbocycles. The van der Waals surface area contributed by atoms with Gasteiger partial charge in [0.2, 0.25) is 11.8 Å². The Morgan fingerprint density at radius 3 is 2.50 bits per heavy atom. The van der Waals surface area contributed by atoms with Crippen LogP contribution in [-0.2, 0) is 9.59 Å². The lowest BCUT2D eigenvalue weighted by Gasteiger charge is -2.26. The molecule has 2 amide bonds. The smallest absolute Gasteiger partial charge is 0.246 e. The van der Waals surface area contributed by atoms with Gasteiger partial charge in [-0.1, -0.05) is 12.1 Å². The molecule has 0 spiro atoms. The lowest BCUT2D eigenvalue weighted by atomic mass is 10.2. The largest absolute Gasteiger partial charge is 0.331 e. The van der Waals surface area contributed by atoms with Crippen LogP contribution >= 0.6 is 0 Å². The van der Waals surface area contributed by atoms with Crippen molar-refractivity contribution in [3.8, 4) is 0 Å². The molecule has 0 unspecified atom stereocenters. The van der Waals surface area contributed by atoms with Crippen LogP contribution in [0.15, 0.2) is 24.3 Å². The average Bonchev–Trinajstić information content (AvgIpc) is 3.21. The van der Waals surface area contributed by atoms with E-state index < -0.39 is 0 Å². The van der Waals surface area contributed by atoms with Crippen LogP contribution in [-0.4, -0.2) is 35.8 Å². The van der Waals surface area contributed by atoms with E-state index in [9.17, 15) is 9.59 Å². The molecule has 1 aliphatic rings. The lowest BCUT2D eigenvalue weighted by molar-refractivity contribution is -0.134. The first-order valence-electron chi connectivity index (χ1n) is 7.17. The predicted molar refractivity (Wildman–Crippen MR) is 79.6 cm³/mol. The van der Waals surface area contributed by atoms with Crippen molar-refractivity contribution >= 4 is 17.5 Å². The first kappa shape index (κ1) is 14.6. The Morgan fingerprint density at radius 1 is 1.30 bits per heavy atom. The number of rotatable bonds is 5. The van der Waals surface area contributed by atoms with Crippen LogP contribution in [0.5, 0.6) is 0 Å². The molecule has 1 aromatic carbocycles. The van der Waals surface area contributed by atoms with Crippen molar-refractivity contribution < 1.29 is 9.59 Å². The Bertz CT molecular complexity index is 509. The fraction of sp³-hybridized carbons (Fsp3) is 0.500. The average molecular weight is 274 g/mol. The molecule has 0 bridgehead atoms. The Balaban J connectivity index is 2.10. The summed E-state index contributed by atoms with van der Waals surface area (Å²) in [4.78, 5) is 27.5. The van der Waals surface area contributed by atoms with E-state index in [0.717, 1.165) is 24.1 Å². The van der Waals surface area contributed by atoms with Crippen LogP contribution in [0.4, 0.5) is 5.69 Å². The third-order valence-electron chi connectivity index (χ3n) is 3.63. The van der Waals surface area contributed by atoms with Crippen LogP contribution < -0.4 is 4.90 Å². The second-order valence-electron chi connectivity index (χ2n) is 5.36. The molecule has 0 saturated heterocycles. The molecule has 0 atom stereocenters. The number of anilines is 1. The Morgan fingerprint density at radius 2 is 2.00 bits per heavy atom. The summed E-state index contributed by atoms with van der Waals surface area (Å²) in [5.74, 6) is -0.0265. The quantitative estimate of drug-likeness (QED) is 0.827. The van der Waals surface area contributed by atoms with Crippen LogP contribution in [0.1, 0.15) is 32.3 Å². The fourth-order valence-electron chi connectivity index (χ4n) is 2.41. The van der Waals surface area contributed by atoms with Gasteiger partial charge in [-0.2, -0.15) is 0 Å². The summed E-state index contributed by atoms with van der Waals surface area (Å²) in [6.07, 6.45) is 2.03. The highest BCUT2D eigenvalue weighted by molar-refractivity contribution is 5.96. The monoisotopic (exact) mass is 274 g/mol. The SMILES string of the molecule is CCN(C(=O)CN(C(C)=O)C1CC1)c1cccc(C)c1. The van der Waals surface area contributed by atoms with Crippen molar-refractivity contribution in [1.29, 1.82) is 0 Å². The zero-order valence-electron chi connectivity index (χ0n) is 12.4.